The molecule has 0 aliphatic carbocycles. The molecule has 2 aromatic rings. The molecule has 20 heavy (non-hydrogen) atoms. The molecule has 0 saturated carbocycles. The lowest BCUT2D eigenvalue weighted by atomic mass is 10.3. The quantitative estimate of drug-likeness (QED) is 0.786. The van der Waals surface area contributed by atoms with Crippen LogP contribution >= 0.6 is 0 Å². The van der Waals surface area contributed by atoms with Gasteiger partial charge in [0.1, 0.15) is 6.61 Å². The summed E-state index contributed by atoms with van der Waals surface area (Å²) in [5.41, 5.74) is 2.13. The lowest BCUT2D eigenvalue weighted by Crippen LogP contribution is -2.30. The Kier molecular flexibility index (Phi) is 5.12. The molecule has 0 saturated heterocycles. The molecule has 0 fully saturated rings. The van der Waals surface area contributed by atoms with E-state index >= 15 is 0 Å². The van der Waals surface area contributed by atoms with Crippen molar-refractivity contribution in [1.82, 2.24) is 14.9 Å². The fourth-order valence-electron chi connectivity index (χ4n) is 1.96. The van der Waals surface area contributed by atoms with Crippen LogP contribution in [0.4, 0.5) is 0 Å². The number of fused-ring (bicyclic) bond motifs is 1. The van der Waals surface area contributed by atoms with Gasteiger partial charge in [0.05, 0.1) is 23.5 Å². The summed E-state index contributed by atoms with van der Waals surface area (Å²) in [7, 11) is 0. The fourth-order valence-corrected chi connectivity index (χ4v) is 1.96. The number of nitrogens with one attached hydrogen (secondary N) is 1. The van der Waals surface area contributed by atoms with Gasteiger partial charge in [-0.3, -0.25) is 4.79 Å². The number of nitrogens with zero attached hydrogens (tertiary/aromatic N) is 2. The molecule has 5 heteroatoms. The standard InChI is InChI=1S/C15H21N3O2/c1-12(2)20-10-15(19)16-8-5-9-18-11-17-13-6-3-4-7-14(13)18/h3-4,6-7,11-12H,5,8-10H2,1-2H3,(H,16,19). The Bertz CT molecular complexity index is 563. The van der Waals surface area contributed by atoms with Gasteiger partial charge in [0.15, 0.2) is 0 Å². The highest BCUT2D eigenvalue weighted by atomic mass is 16.5. The highest BCUT2D eigenvalue weighted by Crippen LogP contribution is 2.11. The second kappa shape index (κ2) is 7.05. The van der Waals surface area contributed by atoms with Gasteiger partial charge in [0, 0.05) is 13.1 Å². The predicted octanol–water partition coefficient (Wildman–Crippen LogP) is 1.97. The number of aryl methyl sites for hydroxylation is 1. The number of aromatic nitrogens is 2. The molecular formula is C15H21N3O2. The summed E-state index contributed by atoms with van der Waals surface area (Å²) in [5, 5.41) is 2.85. The number of ether oxygens (including phenoxy) is 1. The van der Waals surface area contributed by atoms with E-state index in [1.165, 1.54) is 0 Å². The molecule has 2 rings (SSSR count). The van der Waals surface area contributed by atoms with E-state index in [1.54, 1.807) is 0 Å². The van der Waals surface area contributed by atoms with E-state index in [9.17, 15) is 4.79 Å². The highest BCUT2D eigenvalue weighted by molar-refractivity contribution is 5.77. The van der Waals surface area contributed by atoms with Crippen molar-refractivity contribution >= 4 is 16.9 Å². The Balaban J connectivity index is 1.72. The van der Waals surface area contributed by atoms with Gasteiger partial charge in [-0.15, -0.1) is 0 Å². The van der Waals surface area contributed by atoms with Crippen LogP contribution in [0.25, 0.3) is 11.0 Å². The molecule has 0 radical (unpaired) electrons. The second-order valence-electron chi connectivity index (χ2n) is 4.99. The molecular weight excluding hydrogens is 254 g/mol. The first-order valence-corrected chi connectivity index (χ1v) is 6.95. The summed E-state index contributed by atoms with van der Waals surface area (Å²) in [5.74, 6) is -0.0609. The molecule has 0 unspecified atom stereocenters. The van der Waals surface area contributed by atoms with Crippen LogP contribution in [0.15, 0.2) is 30.6 Å². The number of hydrogen-bond donors (Lipinski definition) is 1. The maximum absolute atomic E-state index is 11.5. The minimum Gasteiger partial charge on any atom is -0.369 e. The molecule has 1 aromatic carbocycles. The number of carbonyl (C=O) groups excluding carboxylic acids is 1. The number of benzene rings is 1. The molecule has 108 valence electrons. The molecule has 0 atom stereocenters. The van der Waals surface area contributed by atoms with Gasteiger partial charge >= 0.3 is 0 Å². The van der Waals surface area contributed by atoms with Crippen LogP contribution in [0.3, 0.4) is 0 Å². The number of amides is 1. The zero-order valence-electron chi connectivity index (χ0n) is 12.0. The summed E-state index contributed by atoms with van der Waals surface area (Å²) >= 11 is 0. The van der Waals surface area contributed by atoms with Crippen molar-refractivity contribution in [3.8, 4) is 0 Å². The van der Waals surface area contributed by atoms with Crippen LogP contribution in [-0.2, 0) is 16.1 Å². The van der Waals surface area contributed by atoms with Crippen LogP contribution in [0.1, 0.15) is 20.3 Å². The maximum atomic E-state index is 11.5. The fraction of sp³-hybridized carbons (Fsp3) is 0.467. The highest BCUT2D eigenvalue weighted by Gasteiger charge is 2.03. The number of carbonyl (C=O) groups is 1. The van der Waals surface area contributed by atoms with E-state index in [-0.39, 0.29) is 18.6 Å². The third-order valence-electron chi connectivity index (χ3n) is 2.97. The molecule has 0 bridgehead atoms. The SMILES string of the molecule is CC(C)OCC(=O)NCCCn1cnc2ccccc21. The van der Waals surface area contributed by atoms with Crippen molar-refractivity contribution in [2.24, 2.45) is 0 Å². The topological polar surface area (TPSA) is 56.1 Å². The second-order valence-corrected chi connectivity index (χ2v) is 4.99. The maximum Gasteiger partial charge on any atom is 0.246 e. The van der Waals surface area contributed by atoms with Crippen molar-refractivity contribution in [2.45, 2.75) is 32.9 Å². The first kappa shape index (κ1) is 14.5. The van der Waals surface area contributed by atoms with Gasteiger partial charge < -0.3 is 14.6 Å². The van der Waals surface area contributed by atoms with E-state index in [4.69, 9.17) is 4.74 Å². The summed E-state index contributed by atoms with van der Waals surface area (Å²) < 4.78 is 7.34. The first-order chi connectivity index (χ1) is 9.66. The lowest BCUT2D eigenvalue weighted by Gasteiger charge is -2.09. The van der Waals surface area contributed by atoms with Gasteiger partial charge in [-0.05, 0) is 32.4 Å². The van der Waals surface area contributed by atoms with Crippen LogP contribution in [-0.4, -0.2) is 34.7 Å². The summed E-state index contributed by atoms with van der Waals surface area (Å²) in [6.07, 6.45) is 2.79. The van der Waals surface area contributed by atoms with Crippen molar-refractivity contribution in [3.05, 3.63) is 30.6 Å². The van der Waals surface area contributed by atoms with Crippen molar-refractivity contribution in [2.75, 3.05) is 13.2 Å². The van der Waals surface area contributed by atoms with Gasteiger partial charge in [0.25, 0.3) is 0 Å². The van der Waals surface area contributed by atoms with Crippen molar-refractivity contribution in [3.63, 3.8) is 0 Å². The molecule has 5 nitrogen and oxygen atoms in total. The van der Waals surface area contributed by atoms with Crippen molar-refractivity contribution < 1.29 is 9.53 Å². The predicted molar refractivity (Wildman–Crippen MR) is 78.4 cm³/mol. The van der Waals surface area contributed by atoms with Crippen LogP contribution in [0, 0.1) is 0 Å². The summed E-state index contributed by atoms with van der Waals surface area (Å²) in [4.78, 5) is 15.8. The molecule has 0 spiro atoms. The minimum absolute atomic E-state index is 0.0609. The Labute approximate surface area is 118 Å². The number of imidazole rings is 1. The first-order valence-electron chi connectivity index (χ1n) is 6.95. The lowest BCUT2D eigenvalue weighted by molar-refractivity contribution is -0.127. The molecule has 1 amide bonds. The minimum atomic E-state index is -0.0609. The summed E-state index contributed by atoms with van der Waals surface area (Å²) in [6, 6.07) is 8.04. The number of hydrogen-bond acceptors (Lipinski definition) is 3. The number of rotatable bonds is 7. The number of para-hydroxylation sites is 2. The van der Waals surface area contributed by atoms with Gasteiger partial charge in [-0.25, -0.2) is 4.98 Å². The molecule has 1 heterocycles. The Morgan fingerprint density at radius 3 is 3.00 bits per heavy atom. The molecule has 1 N–H and O–H groups in total. The van der Waals surface area contributed by atoms with Crippen LogP contribution in [0.2, 0.25) is 0 Å². The zero-order valence-corrected chi connectivity index (χ0v) is 12.0. The largest absolute Gasteiger partial charge is 0.369 e. The van der Waals surface area contributed by atoms with Crippen molar-refractivity contribution in [1.29, 1.82) is 0 Å². The van der Waals surface area contributed by atoms with Crippen LogP contribution < -0.4 is 5.32 Å². The van der Waals surface area contributed by atoms with E-state index in [2.05, 4.69) is 20.9 Å². The monoisotopic (exact) mass is 275 g/mol. The molecule has 0 aliphatic rings. The van der Waals surface area contributed by atoms with E-state index in [1.807, 2.05) is 38.4 Å². The van der Waals surface area contributed by atoms with E-state index < -0.39 is 0 Å². The van der Waals surface area contributed by atoms with E-state index in [0.717, 1.165) is 24.0 Å². The van der Waals surface area contributed by atoms with Gasteiger partial charge in [0.2, 0.25) is 5.91 Å². The average molecular weight is 275 g/mol. The third kappa shape index (κ3) is 4.06. The summed E-state index contributed by atoms with van der Waals surface area (Å²) in [6.45, 7) is 5.44. The normalized spacial score (nSPS) is 11.2. The Hall–Kier alpha value is -1.88. The molecule has 1 aromatic heterocycles. The van der Waals surface area contributed by atoms with E-state index in [0.29, 0.717) is 6.54 Å². The van der Waals surface area contributed by atoms with Crippen LogP contribution in [0.5, 0.6) is 0 Å². The van der Waals surface area contributed by atoms with Gasteiger partial charge in [-0.2, -0.15) is 0 Å². The Morgan fingerprint density at radius 1 is 1.40 bits per heavy atom. The zero-order chi connectivity index (χ0) is 14.4. The smallest absolute Gasteiger partial charge is 0.246 e. The van der Waals surface area contributed by atoms with Gasteiger partial charge in [-0.1, -0.05) is 12.1 Å². The average Bonchev–Trinajstić information content (AvgIpc) is 2.85. The molecule has 0 aliphatic heterocycles. The third-order valence-corrected chi connectivity index (χ3v) is 2.97. The Morgan fingerprint density at radius 2 is 2.20 bits per heavy atom.